The summed E-state index contributed by atoms with van der Waals surface area (Å²) in [4.78, 5) is 12.1. The molecule has 2 heterocycles. The number of aryl methyl sites for hydroxylation is 1. The third-order valence-electron chi connectivity index (χ3n) is 4.01. The molecule has 2 unspecified atom stereocenters. The van der Waals surface area contributed by atoms with E-state index in [2.05, 4.69) is 21.3 Å². The second-order valence-corrected chi connectivity index (χ2v) is 5.93. The highest BCUT2D eigenvalue weighted by Gasteiger charge is 2.34. The van der Waals surface area contributed by atoms with E-state index in [1.165, 1.54) is 6.92 Å². The number of amides is 1. The first-order valence-corrected chi connectivity index (χ1v) is 7.80. The molecule has 0 aliphatic carbocycles. The van der Waals surface area contributed by atoms with Gasteiger partial charge >= 0.3 is 6.18 Å². The van der Waals surface area contributed by atoms with E-state index in [0.29, 0.717) is 6.42 Å². The molecule has 2 aromatic rings. The maximum absolute atomic E-state index is 12.7. The van der Waals surface area contributed by atoms with Crippen molar-refractivity contribution in [2.24, 2.45) is 0 Å². The molecule has 1 amide bonds. The molecule has 1 fully saturated rings. The Morgan fingerprint density at radius 2 is 2.04 bits per heavy atom. The summed E-state index contributed by atoms with van der Waals surface area (Å²) in [7, 11) is 0. The number of hydrogen-bond donors (Lipinski definition) is 3. The van der Waals surface area contributed by atoms with Gasteiger partial charge in [0.05, 0.1) is 6.17 Å². The molecule has 0 bridgehead atoms. The number of carbonyl (C=O) groups excluding carboxylic acids is 1. The van der Waals surface area contributed by atoms with Gasteiger partial charge in [-0.2, -0.15) is 18.3 Å². The molecule has 3 N–H and O–H groups in total. The van der Waals surface area contributed by atoms with Crippen LogP contribution in [0.2, 0.25) is 0 Å². The summed E-state index contributed by atoms with van der Waals surface area (Å²) in [5.74, 6) is -0.409. The maximum atomic E-state index is 12.7. The number of hydrogen-bond acceptors (Lipinski definition) is 4. The number of nitrogens with one attached hydrogen (secondary N) is 3. The Morgan fingerprint density at radius 3 is 2.68 bits per heavy atom. The van der Waals surface area contributed by atoms with Crippen molar-refractivity contribution >= 4 is 5.91 Å². The summed E-state index contributed by atoms with van der Waals surface area (Å²) in [6.07, 6.45) is -4.20. The van der Waals surface area contributed by atoms with Crippen molar-refractivity contribution in [3.63, 3.8) is 0 Å². The Hall–Kier alpha value is -2.39. The first-order valence-electron chi connectivity index (χ1n) is 7.80. The number of halogens is 3. The molecule has 0 radical (unpaired) electrons. The van der Waals surface area contributed by atoms with Crippen molar-refractivity contribution in [3.8, 4) is 0 Å². The van der Waals surface area contributed by atoms with Gasteiger partial charge in [-0.15, -0.1) is 0 Å². The fourth-order valence-electron chi connectivity index (χ4n) is 2.74. The van der Waals surface area contributed by atoms with E-state index in [1.54, 1.807) is 0 Å². The summed E-state index contributed by atoms with van der Waals surface area (Å²) < 4.78 is 39.0. The Morgan fingerprint density at radius 1 is 1.32 bits per heavy atom. The van der Waals surface area contributed by atoms with E-state index in [1.807, 2.05) is 30.3 Å². The van der Waals surface area contributed by atoms with E-state index in [0.717, 1.165) is 16.3 Å². The average molecular weight is 353 g/mol. The molecule has 1 aliphatic heterocycles. The monoisotopic (exact) mass is 353 g/mol. The van der Waals surface area contributed by atoms with Gasteiger partial charge in [-0.05, 0) is 18.6 Å². The van der Waals surface area contributed by atoms with Crippen molar-refractivity contribution in [2.45, 2.75) is 38.3 Å². The van der Waals surface area contributed by atoms with Crippen LogP contribution in [0.1, 0.15) is 29.4 Å². The van der Waals surface area contributed by atoms with Gasteiger partial charge in [0.15, 0.2) is 5.69 Å². The smallest absolute Gasteiger partial charge is 0.338 e. The molecule has 1 aliphatic rings. The van der Waals surface area contributed by atoms with Crippen molar-refractivity contribution in [1.29, 1.82) is 0 Å². The molecule has 0 spiro atoms. The van der Waals surface area contributed by atoms with Crippen LogP contribution in [0.5, 0.6) is 0 Å². The van der Waals surface area contributed by atoms with Gasteiger partial charge in [-0.25, -0.2) is 10.9 Å². The van der Waals surface area contributed by atoms with Gasteiger partial charge < -0.3 is 5.32 Å². The minimum atomic E-state index is -4.52. The van der Waals surface area contributed by atoms with Crippen molar-refractivity contribution < 1.29 is 18.0 Å². The molecule has 3 rings (SSSR count). The van der Waals surface area contributed by atoms with Crippen LogP contribution < -0.4 is 16.2 Å². The molecule has 1 saturated heterocycles. The zero-order chi connectivity index (χ0) is 18.0. The summed E-state index contributed by atoms with van der Waals surface area (Å²) in [6.45, 7) is 1.21. The number of hydrazine groups is 1. The lowest BCUT2D eigenvalue weighted by molar-refractivity contribution is -0.141. The predicted octanol–water partition coefficient (Wildman–Crippen LogP) is 1.89. The minimum Gasteiger partial charge on any atom is -0.338 e. The number of alkyl halides is 3. The van der Waals surface area contributed by atoms with Crippen LogP contribution in [0.15, 0.2) is 36.4 Å². The lowest BCUT2D eigenvalue weighted by Gasteiger charge is -2.13. The fraction of sp³-hybridized carbons (Fsp3) is 0.375. The summed E-state index contributed by atoms with van der Waals surface area (Å²) >= 11 is 0. The van der Waals surface area contributed by atoms with Crippen LogP contribution >= 0.6 is 0 Å². The normalized spacial score (nSPS) is 20.6. The fourth-order valence-corrected chi connectivity index (χ4v) is 2.74. The first kappa shape index (κ1) is 17.4. The first-order chi connectivity index (χ1) is 11.8. The number of benzene rings is 1. The highest BCUT2D eigenvalue weighted by Crippen LogP contribution is 2.28. The molecule has 134 valence electrons. The van der Waals surface area contributed by atoms with Crippen LogP contribution in [0, 0.1) is 6.92 Å². The number of carbonyl (C=O) groups is 1. The Kier molecular flexibility index (Phi) is 4.78. The van der Waals surface area contributed by atoms with Crippen molar-refractivity contribution in [1.82, 2.24) is 25.9 Å². The highest BCUT2D eigenvalue weighted by atomic mass is 19.4. The summed E-state index contributed by atoms with van der Waals surface area (Å²) in [5.41, 5.74) is 6.44. The van der Waals surface area contributed by atoms with Crippen LogP contribution in [-0.2, 0) is 17.5 Å². The molecule has 25 heavy (non-hydrogen) atoms. The molecule has 9 heteroatoms. The van der Waals surface area contributed by atoms with Crippen LogP contribution in [0.3, 0.4) is 0 Å². The molecule has 2 atom stereocenters. The van der Waals surface area contributed by atoms with Gasteiger partial charge in [-0.1, -0.05) is 30.3 Å². The van der Waals surface area contributed by atoms with Gasteiger partial charge in [0, 0.05) is 18.2 Å². The average Bonchev–Trinajstić information content (AvgIpc) is 3.15. The molecule has 1 aromatic carbocycles. The van der Waals surface area contributed by atoms with Crippen molar-refractivity contribution in [3.05, 3.63) is 53.3 Å². The number of rotatable bonds is 4. The Balaban J connectivity index is 1.56. The number of nitrogens with zero attached hydrogens (tertiary/aromatic N) is 2. The second kappa shape index (κ2) is 6.85. The van der Waals surface area contributed by atoms with Crippen LogP contribution in [0.4, 0.5) is 13.2 Å². The molecular weight excluding hydrogens is 335 g/mol. The van der Waals surface area contributed by atoms with Gasteiger partial charge in [0.1, 0.15) is 6.54 Å². The van der Waals surface area contributed by atoms with E-state index in [9.17, 15) is 18.0 Å². The molecular formula is C16H18F3N5O. The SMILES string of the molecule is Cc1cc(C(F)(F)F)nn1CC(=O)NC1CC(c2ccccc2)NN1. The van der Waals surface area contributed by atoms with E-state index in [4.69, 9.17) is 0 Å². The Bertz CT molecular complexity index is 744. The van der Waals surface area contributed by atoms with E-state index >= 15 is 0 Å². The van der Waals surface area contributed by atoms with Crippen LogP contribution in [0.25, 0.3) is 0 Å². The Labute approximate surface area is 142 Å². The number of aromatic nitrogens is 2. The largest absolute Gasteiger partial charge is 0.435 e. The molecule has 1 aromatic heterocycles. The summed E-state index contributed by atoms with van der Waals surface area (Å²) in [6, 6.07) is 10.7. The van der Waals surface area contributed by atoms with Gasteiger partial charge in [-0.3, -0.25) is 9.48 Å². The van der Waals surface area contributed by atoms with E-state index < -0.39 is 17.8 Å². The highest BCUT2D eigenvalue weighted by molar-refractivity contribution is 5.76. The van der Waals surface area contributed by atoms with Crippen LogP contribution in [-0.4, -0.2) is 21.9 Å². The zero-order valence-electron chi connectivity index (χ0n) is 13.5. The minimum absolute atomic E-state index is 0.0507. The lowest BCUT2D eigenvalue weighted by atomic mass is 10.0. The maximum Gasteiger partial charge on any atom is 0.435 e. The topological polar surface area (TPSA) is 71.0 Å². The third-order valence-corrected chi connectivity index (χ3v) is 4.01. The zero-order valence-corrected chi connectivity index (χ0v) is 13.5. The van der Waals surface area contributed by atoms with Gasteiger partial charge in [0.25, 0.3) is 0 Å². The predicted molar refractivity (Wildman–Crippen MR) is 84.0 cm³/mol. The lowest BCUT2D eigenvalue weighted by Crippen LogP contribution is -2.45. The van der Waals surface area contributed by atoms with Crippen molar-refractivity contribution in [2.75, 3.05) is 0 Å². The summed E-state index contributed by atoms with van der Waals surface area (Å²) in [5, 5.41) is 6.20. The second-order valence-electron chi connectivity index (χ2n) is 5.93. The molecule has 6 nitrogen and oxygen atoms in total. The van der Waals surface area contributed by atoms with Gasteiger partial charge in [0.2, 0.25) is 5.91 Å². The molecule has 0 saturated carbocycles. The van der Waals surface area contributed by atoms with E-state index in [-0.39, 0.29) is 24.4 Å². The quantitative estimate of drug-likeness (QED) is 0.785. The third kappa shape index (κ3) is 4.18. The standard InChI is InChI=1S/C16H18F3N5O/c1-10-7-13(16(17,18)19)23-24(10)9-15(25)20-14-8-12(21-22-14)11-5-3-2-4-6-11/h2-7,12,14,21-22H,8-9H2,1H3,(H,20,25).